The quantitative estimate of drug-likeness (QED) is 0.273. The van der Waals surface area contributed by atoms with Crippen LogP contribution in [0.15, 0.2) is 85.3 Å². The minimum Gasteiger partial charge on any atom is -0.383 e. The van der Waals surface area contributed by atoms with E-state index in [1.807, 2.05) is 41.0 Å². The third-order valence-corrected chi connectivity index (χ3v) is 8.17. The van der Waals surface area contributed by atoms with Crippen molar-refractivity contribution < 1.29 is 4.39 Å². The Hall–Kier alpha value is -5.80. The van der Waals surface area contributed by atoms with Crippen molar-refractivity contribution in [3.8, 4) is 34.5 Å². The van der Waals surface area contributed by atoms with Gasteiger partial charge in [-0.1, -0.05) is 12.1 Å². The lowest BCUT2D eigenvalue weighted by atomic mass is 10.1. The maximum Gasteiger partial charge on any atom is 0.234 e. The number of hydrogen-bond acceptors (Lipinski definition) is 10. The van der Waals surface area contributed by atoms with E-state index in [-0.39, 0.29) is 17.9 Å². The summed E-state index contributed by atoms with van der Waals surface area (Å²) in [6, 6.07) is 23.1. The molecule has 0 unspecified atom stereocenters. The van der Waals surface area contributed by atoms with E-state index in [2.05, 4.69) is 67.8 Å². The van der Waals surface area contributed by atoms with Crippen molar-refractivity contribution in [2.24, 2.45) is 0 Å². The number of hydrogen-bond donors (Lipinski definition) is 1. The molecule has 0 amide bonds. The molecule has 0 bridgehead atoms. The second-order valence-electron chi connectivity index (χ2n) is 11.4. The van der Waals surface area contributed by atoms with E-state index < -0.39 is 5.82 Å². The number of nitrogens with two attached hydrogens (primary N) is 1. The van der Waals surface area contributed by atoms with E-state index in [1.165, 1.54) is 17.8 Å². The van der Waals surface area contributed by atoms with Crippen molar-refractivity contribution in [1.29, 1.82) is 5.26 Å². The first-order valence-electron chi connectivity index (χ1n) is 14.9. The van der Waals surface area contributed by atoms with Gasteiger partial charge in [0.1, 0.15) is 29.0 Å². The van der Waals surface area contributed by atoms with E-state index in [9.17, 15) is 9.65 Å². The zero-order valence-electron chi connectivity index (χ0n) is 25.3. The zero-order chi connectivity index (χ0) is 31.8. The number of nitrogens with zero attached hydrogens (tertiary/aromatic N) is 10. The number of rotatable bonds is 6. The fourth-order valence-corrected chi connectivity index (χ4v) is 6.23. The number of halogens is 1. The van der Waals surface area contributed by atoms with Gasteiger partial charge >= 0.3 is 0 Å². The van der Waals surface area contributed by atoms with Crippen LogP contribution >= 0.6 is 0 Å². The second-order valence-corrected chi connectivity index (χ2v) is 11.4. The summed E-state index contributed by atoms with van der Waals surface area (Å²) >= 11 is 0. The van der Waals surface area contributed by atoms with Crippen LogP contribution in [0.2, 0.25) is 0 Å². The number of nitriles is 1. The van der Waals surface area contributed by atoms with Gasteiger partial charge in [0.05, 0.1) is 23.1 Å². The van der Waals surface area contributed by atoms with Gasteiger partial charge in [0.2, 0.25) is 5.82 Å². The number of piperazine rings is 1. The Morgan fingerprint density at radius 2 is 1.65 bits per heavy atom. The van der Waals surface area contributed by atoms with Crippen molar-refractivity contribution in [3.63, 3.8) is 0 Å². The molecule has 228 valence electrons. The van der Waals surface area contributed by atoms with Gasteiger partial charge in [0.15, 0.2) is 11.5 Å². The molecule has 6 heterocycles. The maximum absolute atomic E-state index is 13.6. The molecule has 6 aromatic rings. The zero-order valence-corrected chi connectivity index (χ0v) is 25.3. The van der Waals surface area contributed by atoms with Crippen molar-refractivity contribution in [2.45, 2.75) is 32.5 Å². The molecule has 1 aliphatic rings. The van der Waals surface area contributed by atoms with Gasteiger partial charge in [-0.3, -0.25) is 14.5 Å². The third-order valence-electron chi connectivity index (χ3n) is 8.17. The second kappa shape index (κ2) is 11.9. The molecule has 0 radical (unpaired) electrons. The number of benzene rings is 1. The Morgan fingerprint density at radius 1 is 0.870 bits per heavy atom. The molecular weight excluding hydrogens is 581 g/mol. The Labute approximate surface area is 264 Å². The average Bonchev–Trinajstić information content (AvgIpc) is 3.44. The predicted molar refractivity (Wildman–Crippen MR) is 173 cm³/mol. The van der Waals surface area contributed by atoms with E-state index in [0.29, 0.717) is 39.8 Å². The first kappa shape index (κ1) is 28.9. The molecule has 12 heteroatoms. The van der Waals surface area contributed by atoms with E-state index in [0.717, 1.165) is 31.1 Å². The molecule has 1 aliphatic heterocycles. The lowest BCUT2D eigenvalue weighted by molar-refractivity contribution is 0.191. The number of nitrogen functional groups attached to an aromatic ring is 1. The molecule has 5 aromatic heterocycles. The van der Waals surface area contributed by atoms with E-state index >= 15 is 0 Å². The number of pyridine rings is 3. The Balaban J connectivity index is 1.19. The Morgan fingerprint density at radius 3 is 2.37 bits per heavy atom. The lowest BCUT2D eigenvalue weighted by Gasteiger charge is -2.45. The molecule has 11 nitrogen and oxygen atoms in total. The van der Waals surface area contributed by atoms with Crippen LogP contribution in [0, 0.1) is 17.1 Å². The Kier molecular flexibility index (Phi) is 7.52. The molecular formula is C34H30FN11. The minimum atomic E-state index is -0.407. The monoisotopic (exact) mass is 611 g/mol. The molecule has 1 saturated heterocycles. The van der Waals surface area contributed by atoms with Gasteiger partial charge in [0.25, 0.3) is 0 Å². The van der Waals surface area contributed by atoms with Crippen LogP contribution in [-0.4, -0.2) is 64.5 Å². The smallest absolute Gasteiger partial charge is 0.234 e. The lowest BCUT2D eigenvalue weighted by Crippen LogP contribution is -2.56. The van der Waals surface area contributed by atoms with Crippen molar-refractivity contribution in [1.82, 2.24) is 39.4 Å². The summed E-state index contributed by atoms with van der Waals surface area (Å²) < 4.78 is 15.5. The van der Waals surface area contributed by atoms with Crippen LogP contribution in [0.1, 0.15) is 25.2 Å². The molecule has 46 heavy (non-hydrogen) atoms. The number of imidazole rings is 1. The molecule has 0 saturated carbocycles. The molecule has 7 rings (SSSR count). The molecule has 1 aromatic carbocycles. The SMILES string of the molecule is C[C@@H]1CN(Cc2ccc(-n3c(-c4cccnc4N)nc4ccc(-c5ccc(F)cn5)nc43)cc2)C[C@@H](C)N1c1ccnc(C#N)n1. The van der Waals surface area contributed by atoms with Crippen LogP contribution in [0.3, 0.4) is 0 Å². The third kappa shape index (κ3) is 5.48. The van der Waals surface area contributed by atoms with Crippen LogP contribution in [-0.2, 0) is 6.54 Å². The summed E-state index contributed by atoms with van der Waals surface area (Å²) in [4.78, 5) is 31.5. The van der Waals surface area contributed by atoms with Crippen molar-refractivity contribution in [3.05, 3.63) is 103 Å². The molecule has 1 fully saturated rings. The maximum atomic E-state index is 13.6. The summed E-state index contributed by atoms with van der Waals surface area (Å²) in [6.45, 7) is 6.83. The van der Waals surface area contributed by atoms with Gasteiger partial charge in [-0.25, -0.2) is 29.3 Å². The van der Waals surface area contributed by atoms with Crippen LogP contribution in [0.4, 0.5) is 16.0 Å². The summed E-state index contributed by atoms with van der Waals surface area (Å²) in [5.74, 6) is 1.53. The summed E-state index contributed by atoms with van der Waals surface area (Å²) in [5.41, 5.74) is 11.5. The summed E-state index contributed by atoms with van der Waals surface area (Å²) in [6.07, 6.45) is 4.47. The number of fused-ring (bicyclic) bond motifs is 1. The molecule has 0 spiro atoms. The van der Waals surface area contributed by atoms with Gasteiger partial charge in [0, 0.05) is 49.8 Å². The first-order valence-corrected chi connectivity index (χ1v) is 14.9. The largest absolute Gasteiger partial charge is 0.383 e. The van der Waals surface area contributed by atoms with Crippen LogP contribution < -0.4 is 10.6 Å². The van der Waals surface area contributed by atoms with Crippen molar-refractivity contribution in [2.75, 3.05) is 23.7 Å². The molecule has 2 atom stereocenters. The highest BCUT2D eigenvalue weighted by Crippen LogP contribution is 2.32. The van der Waals surface area contributed by atoms with Gasteiger partial charge in [-0.05, 0) is 74.0 Å². The van der Waals surface area contributed by atoms with Gasteiger partial charge < -0.3 is 10.6 Å². The predicted octanol–water partition coefficient (Wildman–Crippen LogP) is 5.03. The fraction of sp³-hybridized carbons (Fsp3) is 0.206. The highest BCUT2D eigenvalue weighted by atomic mass is 19.1. The molecule has 0 aliphatic carbocycles. The van der Waals surface area contributed by atoms with Crippen LogP contribution in [0.25, 0.3) is 39.6 Å². The number of anilines is 2. The Bertz CT molecular complexity index is 2060. The minimum absolute atomic E-state index is 0.179. The standard InChI is InChI=1S/C34H30FN11/c1-21-18-44(19-22(2)45(21)31-13-15-38-30(16-36)43-31)20-23-5-8-25(9-6-23)46-33(26-4-3-14-39-32(26)37)42-29-12-11-28(41-34(29)46)27-10-7-24(35)17-40-27/h3-15,17,21-22H,18-20H2,1-2H3,(H2,37,39)/t21-,22-/m1/s1. The normalized spacial score (nSPS) is 16.9. The van der Waals surface area contributed by atoms with Gasteiger partial charge in [-0.15, -0.1) is 0 Å². The molecule has 2 N–H and O–H groups in total. The van der Waals surface area contributed by atoms with Crippen molar-refractivity contribution >= 4 is 22.8 Å². The average molecular weight is 612 g/mol. The first-order chi connectivity index (χ1) is 22.4. The van der Waals surface area contributed by atoms with Crippen LogP contribution in [0.5, 0.6) is 0 Å². The topological polar surface area (TPSA) is 139 Å². The van der Waals surface area contributed by atoms with E-state index in [1.54, 1.807) is 18.5 Å². The summed E-state index contributed by atoms with van der Waals surface area (Å²) in [7, 11) is 0. The highest BCUT2D eigenvalue weighted by Gasteiger charge is 2.30. The summed E-state index contributed by atoms with van der Waals surface area (Å²) in [5, 5.41) is 9.25. The van der Waals surface area contributed by atoms with Gasteiger partial charge in [-0.2, -0.15) is 5.26 Å². The van der Waals surface area contributed by atoms with E-state index in [4.69, 9.17) is 15.7 Å². The highest BCUT2D eigenvalue weighted by molar-refractivity contribution is 5.84. The fourth-order valence-electron chi connectivity index (χ4n) is 6.23. The number of aromatic nitrogens is 7.